The molecule has 0 atom stereocenters. The van der Waals surface area contributed by atoms with Gasteiger partial charge in [0.15, 0.2) is 5.84 Å². The Morgan fingerprint density at radius 3 is 2.39 bits per heavy atom. The summed E-state index contributed by atoms with van der Waals surface area (Å²) in [7, 11) is 0. The highest BCUT2D eigenvalue weighted by Crippen LogP contribution is 2.21. The van der Waals surface area contributed by atoms with E-state index in [-0.39, 0.29) is 11.8 Å². The molecule has 0 saturated carbocycles. The molecule has 2 aromatic carbocycles. The van der Waals surface area contributed by atoms with Gasteiger partial charge in [-0.1, -0.05) is 57.2 Å². The number of benzene rings is 2. The number of hydrogen-bond donors (Lipinski definition) is 2. The van der Waals surface area contributed by atoms with Crippen LogP contribution in [0, 0.1) is 23.1 Å². The maximum atomic E-state index is 14.6. The average Bonchev–Trinajstić information content (AvgIpc) is 2.69. The molecule has 1 aliphatic rings. The molecule has 0 bridgehead atoms. The van der Waals surface area contributed by atoms with Crippen LogP contribution in [0.25, 0.3) is 0 Å². The highest BCUT2D eigenvalue weighted by molar-refractivity contribution is 6.11. The van der Waals surface area contributed by atoms with Gasteiger partial charge in [0.1, 0.15) is 5.82 Å². The molecule has 1 heterocycles. The first-order valence-corrected chi connectivity index (χ1v) is 10.8. The molecule has 2 N–H and O–H groups in total. The van der Waals surface area contributed by atoms with Crippen LogP contribution >= 0.6 is 0 Å². The zero-order chi connectivity index (χ0) is 22.5. The lowest BCUT2D eigenvalue weighted by atomic mass is 9.99. The molecule has 31 heavy (non-hydrogen) atoms. The van der Waals surface area contributed by atoms with Crippen molar-refractivity contribution in [2.75, 3.05) is 13.1 Å². The van der Waals surface area contributed by atoms with Crippen molar-refractivity contribution in [3.63, 3.8) is 0 Å². The van der Waals surface area contributed by atoms with E-state index in [0.717, 1.165) is 17.7 Å². The smallest absolute Gasteiger partial charge is 0.309 e. The highest BCUT2D eigenvalue weighted by atomic mass is 19.1. The van der Waals surface area contributed by atoms with Gasteiger partial charge in [-0.25, -0.2) is 9.38 Å². The van der Waals surface area contributed by atoms with E-state index in [1.54, 1.807) is 12.1 Å². The molecule has 0 unspecified atom stereocenters. The Labute approximate surface area is 183 Å². The van der Waals surface area contributed by atoms with Gasteiger partial charge in [-0.3, -0.25) is 15.1 Å². The van der Waals surface area contributed by atoms with Gasteiger partial charge in [-0.15, -0.1) is 0 Å². The first-order chi connectivity index (χ1) is 14.8. The number of carbonyl (C=O) groups is 1. The van der Waals surface area contributed by atoms with Crippen LogP contribution < -0.4 is 0 Å². The van der Waals surface area contributed by atoms with E-state index < -0.39 is 11.8 Å². The third-order valence-corrected chi connectivity index (χ3v) is 5.54. The summed E-state index contributed by atoms with van der Waals surface area (Å²) in [5, 5.41) is 17.3. The fourth-order valence-electron chi connectivity index (χ4n) is 3.77. The van der Waals surface area contributed by atoms with Gasteiger partial charge in [0.05, 0.1) is 5.92 Å². The van der Waals surface area contributed by atoms with Crippen LogP contribution in [0.5, 0.6) is 0 Å². The fraction of sp³-hybridized carbons (Fsp3) is 0.400. The molecule has 1 fully saturated rings. The number of nitrogens with one attached hydrogen (secondary N) is 1. The van der Waals surface area contributed by atoms with E-state index in [2.05, 4.69) is 31.0 Å². The van der Waals surface area contributed by atoms with Crippen molar-refractivity contribution >= 4 is 17.5 Å². The summed E-state index contributed by atoms with van der Waals surface area (Å²) in [4.78, 5) is 17.3. The minimum atomic E-state index is -0.806. The van der Waals surface area contributed by atoms with E-state index in [0.29, 0.717) is 43.1 Å². The standard InChI is InChI=1S/C25H30FN3O2/c1-4-23(18-7-5-17(6-8-18)11-16(2)3)28-24(27)19-9-10-20(22(26)12-19)13-29-14-21(15-29)25(30)31/h5-10,12,16,21,27H,4,11,13-15H2,1-3H3,(H,30,31)/b27-24?,28-23+. The van der Waals surface area contributed by atoms with E-state index in [9.17, 15) is 9.18 Å². The van der Waals surface area contributed by atoms with Crippen molar-refractivity contribution < 1.29 is 14.3 Å². The summed E-state index contributed by atoms with van der Waals surface area (Å²) < 4.78 is 14.6. The number of carboxylic acids is 1. The van der Waals surface area contributed by atoms with Gasteiger partial charge in [-0.2, -0.15) is 0 Å². The Balaban J connectivity index is 1.69. The number of aliphatic carboxylic acids is 1. The lowest BCUT2D eigenvalue weighted by Gasteiger charge is -2.36. The van der Waals surface area contributed by atoms with Crippen molar-refractivity contribution in [3.8, 4) is 0 Å². The van der Waals surface area contributed by atoms with E-state index in [1.165, 1.54) is 11.6 Å². The summed E-state index contributed by atoms with van der Waals surface area (Å²) >= 11 is 0. The topological polar surface area (TPSA) is 76.8 Å². The summed E-state index contributed by atoms with van der Waals surface area (Å²) in [6, 6.07) is 13.0. The third-order valence-electron chi connectivity index (χ3n) is 5.54. The predicted octanol–water partition coefficient (Wildman–Crippen LogP) is 4.77. The quantitative estimate of drug-likeness (QED) is 0.474. The maximum Gasteiger partial charge on any atom is 0.309 e. The molecule has 0 aromatic heterocycles. The van der Waals surface area contributed by atoms with E-state index >= 15 is 0 Å². The van der Waals surface area contributed by atoms with Crippen LogP contribution in [-0.2, 0) is 17.8 Å². The van der Waals surface area contributed by atoms with Crippen LogP contribution in [0.15, 0.2) is 47.5 Å². The Morgan fingerprint density at radius 2 is 1.84 bits per heavy atom. The van der Waals surface area contributed by atoms with Gasteiger partial charge >= 0.3 is 5.97 Å². The van der Waals surface area contributed by atoms with Crippen LogP contribution in [0.4, 0.5) is 4.39 Å². The third kappa shape index (κ3) is 5.85. The number of aliphatic imine (C=N–C) groups is 1. The van der Waals surface area contributed by atoms with Crippen molar-refractivity contribution in [2.24, 2.45) is 16.8 Å². The molecule has 5 nitrogen and oxygen atoms in total. The number of nitrogens with zero attached hydrogens (tertiary/aromatic N) is 2. The maximum absolute atomic E-state index is 14.6. The molecule has 3 rings (SSSR count). The lowest BCUT2D eigenvalue weighted by molar-refractivity contribution is -0.147. The number of halogens is 1. The van der Waals surface area contributed by atoms with Crippen molar-refractivity contribution in [2.45, 2.75) is 40.2 Å². The number of hydrogen-bond acceptors (Lipinski definition) is 3. The van der Waals surface area contributed by atoms with Gasteiger partial charge < -0.3 is 5.11 Å². The van der Waals surface area contributed by atoms with Crippen LogP contribution in [0.3, 0.4) is 0 Å². The lowest BCUT2D eigenvalue weighted by Crippen LogP contribution is -2.49. The van der Waals surface area contributed by atoms with Crippen LogP contribution in [-0.4, -0.2) is 40.6 Å². The second-order valence-electron chi connectivity index (χ2n) is 8.59. The summed E-state index contributed by atoms with van der Waals surface area (Å²) in [6.45, 7) is 7.62. The van der Waals surface area contributed by atoms with Crippen LogP contribution in [0.2, 0.25) is 0 Å². The zero-order valence-electron chi connectivity index (χ0n) is 18.4. The Morgan fingerprint density at radius 1 is 1.19 bits per heavy atom. The van der Waals surface area contributed by atoms with Gasteiger partial charge in [0, 0.05) is 36.5 Å². The number of amidine groups is 1. The first-order valence-electron chi connectivity index (χ1n) is 10.8. The molecule has 0 spiro atoms. The summed E-state index contributed by atoms with van der Waals surface area (Å²) in [5.41, 5.74) is 3.98. The molecule has 6 heteroatoms. The monoisotopic (exact) mass is 423 g/mol. The zero-order valence-corrected chi connectivity index (χ0v) is 18.4. The fourth-order valence-corrected chi connectivity index (χ4v) is 3.77. The molecule has 1 saturated heterocycles. The molecule has 0 aliphatic carbocycles. The predicted molar refractivity (Wildman–Crippen MR) is 121 cm³/mol. The molecular weight excluding hydrogens is 393 g/mol. The Kier molecular flexibility index (Phi) is 7.33. The highest BCUT2D eigenvalue weighted by Gasteiger charge is 2.32. The molecular formula is C25H30FN3O2. The van der Waals surface area contributed by atoms with E-state index in [1.807, 2.05) is 24.0 Å². The van der Waals surface area contributed by atoms with Crippen molar-refractivity contribution in [3.05, 3.63) is 70.5 Å². The Bertz CT molecular complexity index is 977. The molecule has 2 aromatic rings. The molecule has 164 valence electrons. The van der Waals surface area contributed by atoms with Gasteiger partial charge in [0.2, 0.25) is 0 Å². The molecule has 0 amide bonds. The van der Waals surface area contributed by atoms with Gasteiger partial charge in [-0.05, 0) is 36.0 Å². The van der Waals surface area contributed by atoms with Crippen LogP contribution in [0.1, 0.15) is 49.4 Å². The minimum Gasteiger partial charge on any atom is -0.481 e. The normalized spacial score (nSPS) is 15.2. The molecule has 0 radical (unpaired) electrons. The van der Waals surface area contributed by atoms with Gasteiger partial charge in [0.25, 0.3) is 0 Å². The SMILES string of the molecule is CC/C(=N\C(=N)c1ccc(CN2CC(C(=O)O)C2)c(F)c1)c1ccc(CC(C)C)cc1. The first kappa shape index (κ1) is 22.8. The van der Waals surface area contributed by atoms with Crippen molar-refractivity contribution in [1.29, 1.82) is 5.41 Å². The second kappa shape index (κ2) is 9.96. The average molecular weight is 424 g/mol. The van der Waals surface area contributed by atoms with Crippen molar-refractivity contribution in [1.82, 2.24) is 4.90 Å². The molecule has 1 aliphatic heterocycles. The second-order valence-corrected chi connectivity index (χ2v) is 8.59. The van der Waals surface area contributed by atoms with E-state index in [4.69, 9.17) is 10.5 Å². The Hall–Kier alpha value is -2.86. The largest absolute Gasteiger partial charge is 0.481 e. The summed E-state index contributed by atoms with van der Waals surface area (Å²) in [5.74, 6) is -0.942. The number of likely N-dealkylation sites (tertiary alicyclic amines) is 1. The minimum absolute atomic E-state index is 0.0310. The number of rotatable bonds is 8. The number of carboxylic acid groups (broad SMARTS) is 1. The summed E-state index contributed by atoms with van der Waals surface area (Å²) in [6.07, 6.45) is 1.70.